The van der Waals surface area contributed by atoms with Gasteiger partial charge in [-0.2, -0.15) is 0 Å². The maximum absolute atomic E-state index is 5.10. The van der Waals surface area contributed by atoms with E-state index in [4.69, 9.17) is 4.98 Å². The third-order valence-electron chi connectivity index (χ3n) is 8.43. The lowest BCUT2D eigenvalue weighted by Crippen LogP contribution is -2.05. The van der Waals surface area contributed by atoms with Crippen molar-refractivity contribution in [1.29, 1.82) is 0 Å². The van der Waals surface area contributed by atoms with Gasteiger partial charge in [-0.25, -0.2) is 4.98 Å². The average molecular weight is 556 g/mol. The molecule has 0 saturated heterocycles. The summed E-state index contributed by atoms with van der Waals surface area (Å²) in [5.41, 5.74) is 13.1. The van der Waals surface area contributed by atoms with Crippen molar-refractivity contribution in [3.63, 3.8) is 0 Å². The molecule has 6 aromatic carbocycles. The van der Waals surface area contributed by atoms with Crippen LogP contribution in [-0.2, 0) is 5.75 Å². The van der Waals surface area contributed by atoms with E-state index >= 15 is 0 Å². The normalized spacial score (nSPS) is 12.6. The lowest BCUT2D eigenvalue weighted by molar-refractivity contribution is 0.894. The predicted molar refractivity (Wildman–Crippen MR) is 176 cm³/mol. The molecular formula is C38H25N3S. The van der Waals surface area contributed by atoms with Gasteiger partial charge in [-0.1, -0.05) is 103 Å². The van der Waals surface area contributed by atoms with Gasteiger partial charge in [0.25, 0.3) is 0 Å². The first-order valence-corrected chi connectivity index (χ1v) is 15.2. The van der Waals surface area contributed by atoms with E-state index in [0.717, 1.165) is 27.6 Å². The van der Waals surface area contributed by atoms with Crippen molar-refractivity contribution >= 4 is 44.6 Å². The Labute approximate surface area is 247 Å². The molecule has 0 aliphatic carbocycles. The van der Waals surface area contributed by atoms with Crippen LogP contribution in [0, 0.1) is 0 Å². The Hall–Kier alpha value is -5.06. The van der Waals surface area contributed by atoms with Gasteiger partial charge >= 0.3 is 0 Å². The summed E-state index contributed by atoms with van der Waals surface area (Å²) in [6.45, 7) is 0. The van der Waals surface area contributed by atoms with Crippen LogP contribution < -0.4 is 0 Å². The molecule has 0 saturated carbocycles. The maximum Gasteiger partial charge on any atom is 0.174 e. The van der Waals surface area contributed by atoms with Crippen LogP contribution in [0.15, 0.2) is 145 Å². The third-order valence-corrected chi connectivity index (χ3v) is 9.42. The average Bonchev–Trinajstić information content (AvgIpc) is 3.60. The molecule has 0 atom stereocenters. The van der Waals surface area contributed by atoms with Crippen LogP contribution in [-0.4, -0.2) is 14.1 Å². The zero-order chi connectivity index (χ0) is 27.6. The van der Waals surface area contributed by atoms with E-state index in [9.17, 15) is 0 Å². The highest BCUT2D eigenvalue weighted by atomic mass is 32.2. The first-order valence-electron chi connectivity index (χ1n) is 14.2. The summed E-state index contributed by atoms with van der Waals surface area (Å²) in [6.07, 6.45) is 0. The fourth-order valence-electron chi connectivity index (χ4n) is 6.43. The molecule has 0 bridgehead atoms. The Morgan fingerprint density at radius 2 is 1.10 bits per heavy atom. The molecule has 0 unspecified atom stereocenters. The number of thioether (sulfide) groups is 1. The summed E-state index contributed by atoms with van der Waals surface area (Å²) in [7, 11) is 0. The third kappa shape index (κ3) is 3.59. The first-order chi connectivity index (χ1) is 20.8. The highest BCUT2D eigenvalue weighted by Gasteiger charge is 2.21. The van der Waals surface area contributed by atoms with E-state index in [1.54, 1.807) is 0 Å². The minimum absolute atomic E-state index is 0.951. The van der Waals surface area contributed by atoms with Crippen molar-refractivity contribution < 1.29 is 0 Å². The minimum Gasteiger partial charge on any atom is -0.309 e. The lowest BCUT2D eigenvalue weighted by atomic mass is 10.0. The van der Waals surface area contributed by atoms with Crippen molar-refractivity contribution in [2.75, 3.05) is 0 Å². The summed E-state index contributed by atoms with van der Waals surface area (Å²) >= 11 is 1.81. The molecule has 0 spiro atoms. The SMILES string of the molecule is c1ccc(-c2ccc3c(c2)c2cc(-c4ccccc4)ccc2n3-c2ccc3c(c2)nc2n3-c3ccccc3CS2)cc1. The number of hydrogen-bond acceptors (Lipinski definition) is 2. The molecule has 0 N–H and O–H groups in total. The Kier molecular flexibility index (Phi) is 5.19. The highest BCUT2D eigenvalue weighted by Crippen LogP contribution is 2.40. The molecule has 2 aromatic heterocycles. The first kappa shape index (κ1) is 23.6. The fourth-order valence-corrected chi connectivity index (χ4v) is 7.45. The van der Waals surface area contributed by atoms with Gasteiger partial charge in [0.1, 0.15) is 0 Å². The predicted octanol–water partition coefficient (Wildman–Crippen LogP) is 10.1. The van der Waals surface area contributed by atoms with Crippen molar-refractivity contribution in [2.24, 2.45) is 0 Å². The van der Waals surface area contributed by atoms with Gasteiger partial charge in [0.05, 0.1) is 27.8 Å². The number of para-hydroxylation sites is 1. The van der Waals surface area contributed by atoms with Crippen molar-refractivity contribution in [3.05, 3.63) is 145 Å². The number of fused-ring (bicyclic) bond motifs is 8. The number of nitrogens with zero attached hydrogens (tertiary/aromatic N) is 3. The van der Waals surface area contributed by atoms with E-state index in [1.807, 2.05) is 11.8 Å². The quantitative estimate of drug-likeness (QED) is 0.216. The zero-order valence-electron chi connectivity index (χ0n) is 22.7. The largest absolute Gasteiger partial charge is 0.309 e. The summed E-state index contributed by atoms with van der Waals surface area (Å²) in [5, 5.41) is 3.55. The Morgan fingerprint density at radius 1 is 0.500 bits per heavy atom. The molecule has 9 rings (SSSR count). The van der Waals surface area contributed by atoms with E-state index in [1.165, 1.54) is 55.3 Å². The molecule has 3 nitrogen and oxygen atoms in total. The van der Waals surface area contributed by atoms with Gasteiger partial charge in [0.2, 0.25) is 0 Å². The summed E-state index contributed by atoms with van der Waals surface area (Å²) in [6, 6.07) is 50.4. The molecule has 0 radical (unpaired) electrons. The highest BCUT2D eigenvalue weighted by molar-refractivity contribution is 7.98. The van der Waals surface area contributed by atoms with Gasteiger partial charge in [0.15, 0.2) is 5.16 Å². The van der Waals surface area contributed by atoms with Gasteiger partial charge in [0, 0.05) is 22.2 Å². The lowest BCUT2D eigenvalue weighted by Gasteiger charge is -2.18. The number of benzene rings is 6. The van der Waals surface area contributed by atoms with Crippen LogP contribution in [0.1, 0.15) is 5.56 Å². The van der Waals surface area contributed by atoms with Gasteiger partial charge in [-0.3, -0.25) is 4.57 Å². The van der Waals surface area contributed by atoms with E-state index in [0.29, 0.717) is 0 Å². The Balaban J connectivity index is 1.28. The van der Waals surface area contributed by atoms with E-state index in [-0.39, 0.29) is 0 Å². The molecule has 3 heterocycles. The molecular weight excluding hydrogens is 531 g/mol. The second-order valence-corrected chi connectivity index (χ2v) is 11.8. The van der Waals surface area contributed by atoms with Crippen LogP contribution in [0.25, 0.3) is 66.5 Å². The van der Waals surface area contributed by atoms with Crippen molar-refractivity contribution in [1.82, 2.24) is 14.1 Å². The second kappa shape index (κ2) is 9.23. The maximum atomic E-state index is 5.10. The van der Waals surface area contributed by atoms with Gasteiger partial charge < -0.3 is 4.57 Å². The van der Waals surface area contributed by atoms with Crippen LogP contribution >= 0.6 is 11.8 Å². The molecule has 42 heavy (non-hydrogen) atoms. The monoisotopic (exact) mass is 555 g/mol. The second-order valence-electron chi connectivity index (χ2n) is 10.9. The number of aromatic nitrogens is 3. The molecule has 198 valence electrons. The standard InChI is InChI=1S/C38H25N3S/c1-3-9-25(10-4-1)27-15-18-35-31(21-27)32-22-28(26-11-5-2-6-12-26)16-19-36(32)40(35)30-17-20-37-33(23-30)39-38-41(37)34-14-8-7-13-29(34)24-42-38/h1-23H,24H2. The van der Waals surface area contributed by atoms with Crippen molar-refractivity contribution in [2.45, 2.75) is 10.9 Å². The van der Waals surface area contributed by atoms with E-state index < -0.39 is 0 Å². The number of rotatable bonds is 3. The molecule has 0 fully saturated rings. The Morgan fingerprint density at radius 3 is 1.76 bits per heavy atom. The van der Waals surface area contributed by atoms with Gasteiger partial charge in [-0.15, -0.1) is 0 Å². The summed E-state index contributed by atoms with van der Waals surface area (Å²) in [5.74, 6) is 0.951. The summed E-state index contributed by atoms with van der Waals surface area (Å²) < 4.78 is 4.71. The number of imidazole rings is 1. The molecule has 0 amide bonds. The van der Waals surface area contributed by atoms with E-state index in [2.05, 4.69) is 149 Å². The fraction of sp³-hybridized carbons (Fsp3) is 0.0263. The summed E-state index contributed by atoms with van der Waals surface area (Å²) in [4.78, 5) is 5.10. The molecule has 8 aromatic rings. The van der Waals surface area contributed by atoms with Crippen LogP contribution in [0.3, 0.4) is 0 Å². The molecule has 1 aliphatic heterocycles. The van der Waals surface area contributed by atoms with Gasteiger partial charge in [-0.05, 0) is 76.3 Å². The Bertz CT molecular complexity index is 2200. The topological polar surface area (TPSA) is 22.8 Å². The van der Waals surface area contributed by atoms with Crippen LogP contribution in [0.5, 0.6) is 0 Å². The smallest absolute Gasteiger partial charge is 0.174 e. The molecule has 1 aliphatic rings. The van der Waals surface area contributed by atoms with Crippen molar-refractivity contribution in [3.8, 4) is 33.6 Å². The minimum atomic E-state index is 0.951. The molecule has 4 heteroatoms. The number of hydrogen-bond donors (Lipinski definition) is 0. The zero-order valence-corrected chi connectivity index (χ0v) is 23.6. The van der Waals surface area contributed by atoms with Crippen LogP contribution in [0.4, 0.5) is 0 Å². The van der Waals surface area contributed by atoms with Crippen LogP contribution in [0.2, 0.25) is 0 Å².